The molecular weight excluding hydrogens is 328 g/mol. The number of hydrogen-bond acceptors (Lipinski definition) is 5. The second-order valence-electron chi connectivity index (χ2n) is 6.48. The molecule has 1 aliphatic rings. The largest absolute Gasteiger partial charge is 0.379 e. The molecular formula is C20H22N4O2. The average molecular weight is 350 g/mol. The molecule has 1 N–H and O–H groups in total. The fourth-order valence-electron chi connectivity index (χ4n) is 3.19. The molecule has 0 atom stereocenters. The van der Waals surface area contributed by atoms with E-state index in [2.05, 4.69) is 20.2 Å². The van der Waals surface area contributed by atoms with Gasteiger partial charge in [-0.05, 0) is 43.3 Å². The smallest absolute Gasteiger partial charge is 0.251 e. The molecule has 1 fully saturated rings. The lowest BCUT2D eigenvalue weighted by Crippen LogP contribution is -2.38. The summed E-state index contributed by atoms with van der Waals surface area (Å²) in [6.07, 6.45) is 0.934. The van der Waals surface area contributed by atoms with Crippen LogP contribution >= 0.6 is 0 Å². The lowest BCUT2D eigenvalue weighted by atomic mass is 10.1. The van der Waals surface area contributed by atoms with Gasteiger partial charge in [0.15, 0.2) is 0 Å². The Kier molecular flexibility index (Phi) is 5.04. The molecule has 4 rings (SSSR count). The number of hydrogen-bond donors (Lipinski definition) is 1. The lowest BCUT2D eigenvalue weighted by Gasteiger charge is -2.26. The van der Waals surface area contributed by atoms with Gasteiger partial charge in [0.2, 0.25) is 0 Å². The first-order chi connectivity index (χ1) is 12.8. The zero-order chi connectivity index (χ0) is 17.8. The van der Waals surface area contributed by atoms with Crippen molar-refractivity contribution < 1.29 is 9.53 Å². The number of rotatable bonds is 5. The van der Waals surface area contributed by atoms with Gasteiger partial charge < -0.3 is 10.1 Å². The van der Waals surface area contributed by atoms with Gasteiger partial charge in [-0.1, -0.05) is 12.1 Å². The van der Waals surface area contributed by atoms with Crippen molar-refractivity contribution in [3.05, 3.63) is 48.0 Å². The maximum Gasteiger partial charge on any atom is 0.251 e. The van der Waals surface area contributed by atoms with Gasteiger partial charge in [-0.15, -0.1) is 0 Å². The van der Waals surface area contributed by atoms with Crippen molar-refractivity contribution >= 4 is 28.0 Å². The summed E-state index contributed by atoms with van der Waals surface area (Å²) >= 11 is 0. The molecule has 0 bridgehead atoms. The van der Waals surface area contributed by atoms with Crippen LogP contribution in [0.5, 0.6) is 0 Å². The van der Waals surface area contributed by atoms with Gasteiger partial charge in [-0.25, -0.2) is 9.97 Å². The zero-order valence-corrected chi connectivity index (χ0v) is 14.6. The Morgan fingerprint density at radius 1 is 1.00 bits per heavy atom. The van der Waals surface area contributed by atoms with E-state index in [1.165, 1.54) is 0 Å². The first kappa shape index (κ1) is 16.9. The molecule has 3 aromatic rings. The summed E-state index contributed by atoms with van der Waals surface area (Å²) in [5.74, 6) is -0.0659. The van der Waals surface area contributed by atoms with E-state index in [9.17, 15) is 4.79 Å². The molecule has 1 aliphatic heterocycles. The van der Waals surface area contributed by atoms with E-state index in [1.54, 1.807) is 0 Å². The predicted octanol–water partition coefficient (Wildman–Crippen LogP) is 2.24. The molecule has 0 saturated carbocycles. The monoisotopic (exact) mass is 350 g/mol. The van der Waals surface area contributed by atoms with E-state index < -0.39 is 0 Å². The van der Waals surface area contributed by atoms with Crippen LogP contribution in [0, 0.1) is 0 Å². The van der Waals surface area contributed by atoms with Crippen molar-refractivity contribution in [1.82, 2.24) is 20.2 Å². The van der Waals surface area contributed by atoms with E-state index >= 15 is 0 Å². The number of benzene rings is 2. The highest BCUT2D eigenvalue weighted by Gasteiger charge is 2.11. The fourth-order valence-corrected chi connectivity index (χ4v) is 3.19. The van der Waals surface area contributed by atoms with Crippen molar-refractivity contribution in [1.29, 1.82) is 0 Å². The van der Waals surface area contributed by atoms with E-state index in [0.29, 0.717) is 12.1 Å². The Morgan fingerprint density at radius 3 is 2.46 bits per heavy atom. The SMILES string of the molecule is O=C(NCCCN1CCOCC1)c1ccc2nc3ccccc3nc2c1. The normalized spacial score (nSPS) is 15.4. The molecule has 1 amide bonds. The molecule has 0 radical (unpaired) electrons. The molecule has 0 unspecified atom stereocenters. The third-order valence-electron chi connectivity index (χ3n) is 4.64. The summed E-state index contributed by atoms with van der Waals surface area (Å²) < 4.78 is 5.34. The van der Waals surface area contributed by atoms with Crippen LogP contribution in [-0.2, 0) is 4.74 Å². The standard InChI is InChI=1S/C20H22N4O2/c25-20(21-8-3-9-24-10-12-26-13-11-24)15-6-7-18-19(14-15)23-17-5-2-1-4-16(17)22-18/h1-2,4-7,14H,3,8-13H2,(H,21,25). The molecule has 26 heavy (non-hydrogen) atoms. The molecule has 1 saturated heterocycles. The van der Waals surface area contributed by atoms with Crippen molar-refractivity contribution in [2.75, 3.05) is 39.4 Å². The molecule has 6 nitrogen and oxygen atoms in total. The van der Waals surface area contributed by atoms with Crippen LogP contribution in [0.1, 0.15) is 16.8 Å². The van der Waals surface area contributed by atoms with Gasteiger partial charge >= 0.3 is 0 Å². The number of carbonyl (C=O) groups excluding carboxylic acids is 1. The van der Waals surface area contributed by atoms with Gasteiger partial charge in [0.05, 0.1) is 35.3 Å². The Bertz CT molecular complexity index is 922. The van der Waals surface area contributed by atoms with Crippen LogP contribution in [-0.4, -0.2) is 60.2 Å². The highest BCUT2D eigenvalue weighted by atomic mass is 16.5. The third kappa shape index (κ3) is 3.81. The van der Waals surface area contributed by atoms with Gasteiger partial charge in [0, 0.05) is 25.2 Å². The number of carbonyl (C=O) groups is 1. The predicted molar refractivity (Wildman–Crippen MR) is 101 cm³/mol. The molecule has 6 heteroatoms. The minimum absolute atomic E-state index is 0.0659. The van der Waals surface area contributed by atoms with Gasteiger partial charge in [-0.2, -0.15) is 0 Å². The Hall–Kier alpha value is -2.57. The van der Waals surface area contributed by atoms with Crippen LogP contribution in [0.4, 0.5) is 0 Å². The lowest BCUT2D eigenvalue weighted by molar-refractivity contribution is 0.0374. The van der Waals surface area contributed by atoms with E-state index in [1.807, 2.05) is 42.5 Å². The van der Waals surface area contributed by atoms with Crippen LogP contribution < -0.4 is 5.32 Å². The highest BCUT2D eigenvalue weighted by Crippen LogP contribution is 2.17. The molecule has 2 aromatic carbocycles. The van der Waals surface area contributed by atoms with E-state index in [-0.39, 0.29) is 5.91 Å². The van der Waals surface area contributed by atoms with Crippen molar-refractivity contribution in [2.45, 2.75) is 6.42 Å². The van der Waals surface area contributed by atoms with Crippen molar-refractivity contribution in [3.63, 3.8) is 0 Å². The van der Waals surface area contributed by atoms with Crippen LogP contribution in [0.2, 0.25) is 0 Å². The third-order valence-corrected chi connectivity index (χ3v) is 4.64. The fraction of sp³-hybridized carbons (Fsp3) is 0.350. The second-order valence-corrected chi connectivity index (χ2v) is 6.48. The van der Waals surface area contributed by atoms with Crippen LogP contribution in [0.3, 0.4) is 0 Å². The van der Waals surface area contributed by atoms with Crippen molar-refractivity contribution in [2.24, 2.45) is 0 Å². The van der Waals surface area contributed by atoms with Crippen LogP contribution in [0.15, 0.2) is 42.5 Å². The number of nitrogens with zero attached hydrogens (tertiary/aromatic N) is 3. The summed E-state index contributed by atoms with van der Waals surface area (Å²) in [5.41, 5.74) is 3.86. The van der Waals surface area contributed by atoms with Gasteiger partial charge in [0.25, 0.3) is 5.91 Å². The van der Waals surface area contributed by atoms with E-state index in [0.717, 1.165) is 61.3 Å². The number of amides is 1. The highest BCUT2D eigenvalue weighted by molar-refractivity contribution is 5.98. The van der Waals surface area contributed by atoms with Gasteiger partial charge in [-0.3, -0.25) is 9.69 Å². The minimum Gasteiger partial charge on any atom is -0.379 e. The number of aromatic nitrogens is 2. The topological polar surface area (TPSA) is 67.4 Å². The first-order valence-corrected chi connectivity index (χ1v) is 9.04. The Balaban J connectivity index is 1.39. The maximum absolute atomic E-state index is 12.4. The van der Waals surface area contributed by atoms with Crippen molar-refractivity contribution in [3.8, 4) is 0 Å². The number of nitrogens with one attached hydrogen (secondary N) is 1. The number of morpholine rings is 1. The number of ether oxygens (including phenoxy) is 1. The first-order valence-electron chi connectivity index (χ1n) is 9.04. The van der Waals surface area contributed by atoms with E-state index in [4.69, 9.17) is 4.74 Å². The average Bonchev–Trinajstić information content (AvgIpc) is 2.70. The summed E-state index contributed by atoms with van der Waals surface area (Å²) in [5, 5.41) is 3.00. The summed E-state index contributed by atoms with van der Waals surface area (Å²) in [6.45, 7) is 5.21. The molecule has 1 aromatic heterocycles. The molecule has 0 spiro atoms. The number of fused-ring (bicyclic) bond motifs is 2. The quantitative estimate of drug-likeness (QED) is 0.565. The molecule has 134 valence electrons. The number of para-hydroxylation sites is 2. The zero-order valence-electron chi connectivity index (χ0n) is 14.6. The Morgan fingerprint density at radius 2 is 1.69 bits per heavy atom. The molecule has 0 aliphatic carbocycles. The Labute approximate surface area is 152 Å². The summed E-state index contributed by atoms with van der Waals surface area (Å²) in [7, 11) is 0. The molecule has 2 heterocycles. The maximum atomic E-state index is 12.4. The summed E-state index contributed by atoms with van der Waals surface area (Å²) in [4.78, 5) is 24.0. The summed E-state index contributed by atoms with van der Waals surface area (Å²) in [6, 6.07) is 13.2. The van der Waals surface area contributed by atoms with Gasteiger partial charge in [0.1, 0.15) is 0 Å². The second kappa shape index (κ2) is 7.76. The minimum atomic E-state index is -0.0659. The van der Waals surface area contributed by atoms with Crippen LogP contribution in [0.25, 0.3) is 22.1 Å².